The predicted molar refractivity (Wildman–Crippen MR) is 109 cm³/mol. The lowest BCUT2D eigenvalue weighted by Gasteiger charge is -2.35. The van der Waals surface area contributed by atoms with Gasteiger partial charge in [-0.05, 0) is 42.3 Å². The summed E-state index contributed by atoms with van der Waals surface area (Å²) in [6, 6.07) is 12.1. The van der Waals surface area contributed by atoms with E-state index in [2.05, 4.69) is 22.0 Å². The first-order valence-electron chi connectivity index (χ1n) is 9.75. The fourth-order valence-electron chi connectivity index (χ4n) is 3.81. The highest BCUT2D eigenvalue weighted by atomic mass is 16.5. The summed E-state index contributed by atoms with van der Waals surface area (Å²) in [7, 11) is 1.67. The van der Waals surface area contributed by atoms with Crippen molar-refractivity contribution in [2.75, 3.05) is 39.8 Å². The van der Waals surface area contributed by atoms with Crippen molar-refractivity contribution in [3.05, 3.63) is 60.6 Å². The van der Waals surface area contributed by atoms with Gasteiger partial charge in [-0.1, -0.05) is 6.07 Å². The van der Waals surface area contributed by atoms with Crippen LogP contribution in [-0.2, 0) is 17.8 Å². The normalized spacial score (nSPS) is 15.1. The van der Waals surface area contributed by atoms with Crippen molar-refractivity contribution in [2.45, 2.75) is 13.0 Å². The Hall–Kier alpha value is -2.86. The van der Waals surface area contributed by atoms with Crippen molar-refractivity contribution in [1.82, 2.24) is 19.4 Å². The van der Waals surface area contributed by atoms with E-state index in [4.69, 9.17) is 4.74 Å². The number of pyridine rings is 1. The molecule has 2 aromatic heterocycles. The SMILES string of the molecule is COc1cccc2c1ccn2CC(=O)N1CCN(CCc2ccncc2)CC1. The van der Waals surface area contributed by atoms with Gasteiger partial charge in [-0.2, -0.15) is 0 Å². The smallest absolute Gasteiger partial charge is 0.242 e. The van der Waals surface area contributed by atoms with Crippen molar-refractivity contribution < 1.29 is 9.53 Å². The van der Waals surface area contributed by atoms with Crippen molar-refractivity contribution in [2.24, 2.45) is 0 Å². The van der Waals surface area contributed by atoms with Crippen molar-refractivity contribution >= 4 is 16.8 Å². The fourth-order valence-corrected chi connectivity index (χ4v) is 3.81. The van der Waals surface area contributed by atoms with Gasteiger partial charge in [-0.25, -0.2) is 0 Å². The van der Waals surface area contributed by atoms with Crippen LogP contribution in [0.2, 0.25) is 0 Å². The maximum Gasteiger partial charge on any atom is 0.242 e. The highest BCUT2D eigenvalue weighted by Gasteiger charge is 2.21. The molecule has 0 saturated carbocycles. The summed E-state index contributed by atoms with van der Waals surface area (Å²) in [6.07, 6.45) is 6.67. The number of fused-ring (bicyclic) bond motifs is 1. The number of benzene rings is 1. The van der Waals surface area contributed by atoms with Crippen LogP contribution in [0.25, 0.3) is 10.9 Å². The molecule has 28 heavy (non-hydrogen) atoms. The lowest BCUT2D eigenvalue weighted by atomic mass is 10.2. The van der Waals surface area contributed by atoms with E-state index < -0.39 is 0 Å². The summed E-state index contributed by atoms with van der Waals surface area (Å²) >= 11 is 0. The van der Waals surface area contributed by atoms with Gasteiger partial charge in [0, 0.05) is 56.7 Å². The lowest BCUT2D eigenvalue weighted by molar-refractivity contribution is -0.133. The number of methoxy groups -OCH3 is 1. The van der Waals surface area contributed by atoms with Crippen LogP contribution in [0.3, 0.4) is 0 Å². The Morgan fingerprint density at radius 2 is 1.86 bits per heavy atom. The molecule has 0 unspecified atom stereocenters. The number of nitrogens with zero attached hydrogens (tertiary/aromatic N) is 4. The van der Waals surface area contributed by atoms with E-state index in [0.717, 1.165) is 55.8 Å². The first-order valence-corrected chi connectivity index (χ1v) is 9.75. The molecule has 1 aliphatic rings. The van der Waals surface area contributed by atoms with E-state index in [1.54, 1.807) is 7.11 Å². The second-order valence-corrected chi connectivity index (χ2v) is 7.16. The molecule has 1 amide bonds. The number of amides is 1. The maximum absolute atomic E-state index is 12.8. The van der Waals surface area contributed by atoms with Crippen LogP contribution in [-0.4, -0.2) is 65.1 Å². The number of rotatable bonds is 6. The third kappa shape index (κ3) is 4.02. The summed E-state index contributed by atoms with van der Waals surface area (Å²) in [5, 5.41) is 1.04. The Morgan fingerprint density at radius 3 is 2.61 bits per heavy atom. The third-order valence-corrected chi connectivity index (χ3v) is 5.49. The van der Waals surface area contributed by atoms with E-state index in [9.17, 15) is 4.79 Å². The Morgan fingerprint density at radius 1 is 1.07 bits per heavy atom. The maximum atomic E-state index is 12.8. The van der Waals surface area contributed by atoms with Crippen LogP contribution in [0.15, 0.2) is 55.0 Å². The molecule has 1 fully saturated rings. The van der Waals surface area contributed by atoms with Gasteiger partial charge in [-0.3, -0.25) is 14.7 Å². The number of hydrogen-bond donors (Lipinski definition) is 0. The molecule has 146 valence electrons. The molecule has 1 aromatic carbocycles. The minimum atomic E-state index is 0.175. The molecule has 3 aromatic rings. The second kappa shape index (κ2) is 8.44. The van der Waals surface area contributed by atoms with E-state index in [1.807, 2.05) is 52.3 Å². The van der Waals surface area contributed by atoms with E-state index in [-0.39, 0.29) is 5.91 Å². The third-order valence-electron chi connectivity index (χ3n) is 5.49. The number of piperazine rings is 1. The zero-order chi connectivity index (χ0) is 19.3. The van der Waals surface area contributed by atoms with Crippen LogP contribution < -0.4 is 4.74 Å². The molecule has 1 aliphatic heterocycles. The zero-order valence-electron chi connectivity index (χ0n) is 16.3. The number of carbonyl (C=O) groups is 1. The monoisotopic (exact) mass is 378 g/mol. The summed E-state index contributed by atoms with van der Waals surface area (Å²) in [4.78, 5) is 21.3. The summed E-state index contributed by atoms with van der Waals surface area (Å²) < 4.78 is 7.42. The van der Waals surface area contributed by atoms with Gasteiger partial charge in [0.2, 0.25) is 5.91 Å². The molecule has 0 N–H and O–H groups in total. The Balaban J connectivity index is 1.31. The summed E-state index contributed by atoms with van der Waals surface area (Å²) in [5.74, 6) is 1.01. The van der Waals surface area contributed by atoms with Gasteiger partial charge in [-0.15, -0.1) is 0 Å². The van der Waals surface area contributed by atoms with Crippen LogP contribution in [0.1, 0.15) is 5.56 Å². The number of ether oxygens (including phenoxy) is 1. The minimum Gasteiger partial charge on any atom is -0.496 e. The van der Waals surface area contributed by atoms with Crippen LogP contribution in [0.4, 0.5) is 0 Å². The molecule has 0 bridgehead atoms. The average Bonchev–Trinajstić information content (AvgIpc) is 3.16. The molecular formula is C22H26N4O2. The largest absolute Gasteiger partial charge is 0.496 e. The quantitative estimate of drug-likeness (QED) is 0.661. The molecule has 0 spiro atoms. The molecule has 1 saturated heterocycles. The molecular weight excluding hydrogens is 352 g/mol. The standard InChI is InChI=1S/C22H26N4O2/c1-28-21-4-2-3-20-19(21)8-12-26(20)17-22(27)25-15-13-24(14-16-25)11-7-18-5-9-23-10-6-18/h2-6,8-10,12H,7,11,13-17H2,1H3. The van der Waals surface area contributed by atoms with Crippen LogP contribution >= 0.6 is 0 Å². The second-order valence-electron chi connectivity index (χ2n) is 7.16. The first-order chi connectivity index (χ1) is 13.7. The van der Waals surface area contributed by atoms with E-state index in [1.165, 1.54) is 5.56 Å². The molecule has 0 aliphatic carbocycles. The van der Waals surface area contributed by atoms with Gasteiger partial charge in [0.05, 0.1) is 12.6 Å². The van der Waals surface area contributed by atoms with Crippen LogP contribution in [0, 0.1) is 0 Å². The molecule has 6 nitrogen and oxygen atoms in total. The Labute approximate surface area is 165 Å². The highest BCUT2D eigenvalue weighted by Crippen LogP contribution is 2.26. The number of aromatic nitrogens is 2. The predicted octanol–water partition coefficient (Wildman–Crippen LogP) is 2.43. The fraction of sp³-hybridized carbons (Fsp3) is 0.364. The van der Waals surface area contributed by atoms with Crippen molar-refractivity contribution in [1.29, 1.82) is 0 Å². The van der Waals surface area contributed by atoms with Gasteiger partial charge >= 0.3 is 0 Å². The van der Waals surface area contributed by atoms with E-state index in [0.29, 0.717) is 6.54 Å². The van der Waals surface area contributed by atoms with Crippen molar-refractivity contribution in [3.63, 3.8) is 0 Å². The van der Waals surface area contributed by atoms with Gasteiger partial charge in [0.15, 0.2) is 0 Å². The Bertz CT molecular complexity index is 930. The Kier molecular flexibility index (Phi) is 5.58. The van der Waals surface area contributed by atoms with Gasteiger partial charge in [0.1, 0.15) is 12.3 Å². The molecule has 4 rings (SSSR count). The highest BCUT2D eigenvalue weighted by molar-refractivity contribution is 5.88. The molecule has 0 radical (unpaired) electrons. The average molecular weight is 378 g/mol. The minimum absolute atomic E-state index is 0.175. The topological polar surface area (TPSA) is 50.6 Å². The summed E-state index contributed by atoms with van der Waals surface area (Å²) in [6.45, 7) is 4.82. The molecule has 0 atom stereocenters. The number of carbonyl (C=O) groups excluding carboxylic acids is 1. The first kappa shape index (κ1) is 18.5. The van der Waals surface area contributed by atoms with Crippen molar-refractivity contribution in [3.8, 4) is 5.75 Å². The lowest BCUT2D eigenvalue weighted by Crippen LogP contribution is -2.49. The van der Waals surface area contributed by atoms with E-state index >= 15 is 0 Å². The van der Waals surface area contributed by atoms with Crippen LogP contribution in [0.5, 0.6) is 5.75 Å². The van der Waals surface area contributed by atoms with Gasteiger partial charge in [0.25, 0.3) is 0 Å². The zero-order valence-corrected chi connectivity index (χ0v) is 16.3. The number of hydrogen-bond acceptors (Lipinski definition) is 4. The molecule has 6 heteroatoms. The van der Waals surface area contributed by atoms with Gasteiger partial charge < -0.3 is 14.2 Å². The summed E-state index contributed by atoms with van der Waals surface area (Å²) in [5.41, 5.74) is 2.34. The molecule has 3 heterocycles.